The molecule has 1 aromatic heterocycles. The van der Waals surface area contributed by atoms with Crippen LogP contribution in [-0.2, 0) is 0 Å². The van der Waals surface area contributed by atoms with Crippen LogP contribution in [0.3, 0.4) is 0 Å². The van der Waals surface area contributed by atoms with Crippen molar-refractivity contribution in [2.45, 2.75) is 25.8 Å². The largest absolute Gasteiger partial charge is 0.330 e. The van der Waals surface area contributed by atoms with Gasteiger partial charge < -0.3 is 5.73 Å². The van der Waals surface area contributed by atoms with Crippen LogP contribution < -0.4 is 5.73 Å². The molecule has 1 aromatic rings. The number of nitrogens with zero attached hydrogens (tertiary/aromatic N) is 1. The maximum Gasteiger partial charge on any atom is 0.0435 e. The highest BCUT2D eigenvalue weighted by molar-refractivity contribution is 7.10. The molecule has 0 aliphatic carbocycles. The Morgan fingerprint density at radius 1 is 1.57 bits per heavy atom. The molecule has 0 radical (unpaired) electrons. The van der Waals surface area contributed by atoms with Gasteiger partial charge >= 0.3 is 0 Å². The number of thiophene rings is 1. The van der Waals surface area contributed by atoms with E-state index in [-0.39, 0.29) is 0 Å². The highest BCUT2D eigenvalue weighted by atomic mass is 32.1. The fourth-order valence-electron chi connectivity index (χ4n) is 1.71. The molecule has 1 rings (SSSR count). The van der Waals surface area contributed by atoms with Crippen molar-refractivity contribution in [1.82, 2.24) is 4.90 Å². The van der Waals surface area contributed by atoms with Gasteiger partial charge in [0.05, 0.1) is 0 Å². The van der Waals surface area contributed by atoms with Crippen molar-refractivity contribution in [3.05, 3.63) is 22.4 Å². The van der Waals surface area contributed by atoms with Crippen molar-refractivity contribution in [2.75, 3.05) is 20.1 Å². The van der Waals surface area contributed by atoms with Gasteiger partial charge in [-0.15, -0.1) is 11.3 Å². The Labute approximate surface area is 90.7 Å². The summed E-state index contributed by atoms with van der Waals surface area (Å²) < 4.78 is 0. The van der Waals surface area contributed by atoms with E-state index < -0.39 is 0 Å². The average molecular weight is 212 g/mol. The quantitative estimate of drug-likeness (QED) is 0.785. The molecule has 0 saturated heterocycles. The van der Waals surface area contributed by atoms with Crippen LogP contribution in [0.15, 0.2) is 17.5 Å². The zero-order chi connectivity index (χ0) is 10.4. The SMILES string of the molecule is CCC(c1cccs1)N(C)CCCN. The summed E-state index contributed by atoms with van der Waals surface area (Å²) in [6.07, 6.45) is 2.25. The Hall–Kier alpha value is -0.380. The topological polar surface area (TPSA) is 29.3 Å². The summed E-state index contributed by atoms with van der Waals surface area (Å²) in [6.45, 7) is 4.11. The Bertz CT molecular complexity index is 233. The third kappa shape index (κ3) is 3.08. The van der Waals surface area contributed by atoms with Crippen molar-refractivity contribution >= 4 is 11.3 Å². The normalized spacial score (nSPS) is 13.4. The average Bonchev–Trinajstić information content (AvgIpc) is 2.69. The van der Waals surface area contributed by atoms with E-state index in [4.69, 9.17) is 5.73 Å². The van der Waals surface area contributed by atoms with E-state index in [1.54, 1.807) is 0 Å². The molecule has 0 aromatic carbocycles. The molecular formula is C11H20N2S. The van der Waals surface area contributed by atoms with Gasteiger partial charge in [-0.05, 0) is 44.4 Å². The highest BCUT2D eigenvalue weighted by Gasteiger charge is 2.14. The molecule has 0 spiro atoms. The van der Waals surface area contributed by atoms with Crippen LogP contribution in [0.25, 0.3) is 0 Å². The molecule has 0 amide bonds. The molecule has 14 heavy (non-hydrogen) atoms. The first-order valence-electron chi connectivity index (χ1n) is 5.23. The Morgan fingerprint density at radius 2 is 2.36 bits per heavy atom. The minimum atomic E-state index is 0.571. The number of rotatable bonds is 6. The number of nitrogens with two attached hydrogens (primary N) is 1. The van der Waals surface area contributed by atoms with E-state index in [9.17, 15) is 0 Å². The van der Waals surface area contributed by atoms with Gasteiger partial charge in [0, 0.05) is 10.9 Å². The second-order valence-corrected chi connectivity index (χ2v) is 4.54. The van der Waals surface area contributed by atoms with Gasteiger partial charge in [-0.2, -0.15) is 0 Å². The molecule has 2 N–H and O–H groups in total. The fraction of sp³-hybridized carbons (Fsp3) is 0.636. The summed E-state index contributed by atoms with van der Waals surface area (Å²) >= 11 is 1.84. The first-order valence-corrected chi connectivity index (χ1v) is 6.11. The van der Waals surface area contributed by atoms with Crippen LogP contribution in [-0.4, -0.2) is 25.0 Å². The van der Waals surface area contributed by atoms with Crippen LogP contribution in [0, 0.1) is 0 Å². The first kappa shape index (κ1) is 11.7. The lowest BCUT2D eigenvalue weighted by atomic mass is 10.1. The lowest BCUT2D eigenvalue weighted by Gasteiger charge is -2.25. The highest BCUT2D eigenvalue weighted by Crippen LogP contribution is 2.26. The van der Waals surface area contributed by atoms with Crippen molar-refractivity contribution in [2.24, 2.45) is 5.73 Å². The van der Waals surface area contributed by atoms with Crippen LogP contribution >= 0.6 is 11.3 Å². The van der Waals surface area contributed by atoms with Gasteiger partial charge in [0.25, 0.3) is 0 Å². The van der Waals surface area contributed by atoms with E-state index in [0.717, 1.165) is 19.5 Å². The van der Waals surface area contributed by atoms with Crippen LogP contribution in [0.2, 0.25) is 0 Å². The molecular weight excluding hydrogens is 192 g/mol. The minimum absolute atomic E-state index is 0.571. The van der Waals surface area contributed by atoms with Gasteiger partial charge in [0.2, 0.25) is 0 Å². The van der Waals surface area contributed by atoms with Crippen LogP contribution in [0.4, 0.5) is 0 Å². The smallest absolute Gasteiger partial charge is 0.0435 e. The number of hydrogen-bond acceptors (Lipinski definition) is 3. The van der Waals surface area contributed by atoms with Gasteiger partial charge in [0.15, 0.2) is 0 Å². The maximum atomic E-state index is 5.51. The minimum Gasteiger partial charge on any atom is -0.330 e. The zero-order valence-corrected chi connectivity index (χ0v) is 9.89. The Balaban J connectivity index is 2.53. The first-order chi connectivity index (χ1) is 6.79. The van der Waals surface area contributed by atoms with E-state index in [1.807, 2.05) is 11.3 Å². The van der Waals surface area contributed by atoms with Crippen molar-refractivity contribution in [1.29, 1.82) is 0 Å². The fourth-order valence-corrected chi connectivity index (χ4v) is 2.68. The Morgan fingerprint density at radius 3 is 2.86 bits per heavy atom. The van der Waals surface area contributed by atoms with Gasteiger partial charge in [-0.25, -0.2) is 0 Å². The van der Waals surface area contributed by atoms with E-state index in [2.05, 4.69) is 36.4 Å². The zero-order valence-electron chi connectivity index (χ0n) is 9.07. The summed E-state index contributed by atoms with van der Waals surface area (Å²) in [5.74, 6) is 0. The maximum absolute atomic E-state index is 5.51. The summed E-state index contributed by atoms with van der Waals surface area (Å²) in [5, 5.41) is 2.15. The third-order valence-electron chi connectivity index (χ3n) is 2.51. The molecule has 0 fully saturated rings. The predicted octanol–water partition coefficient (Wildman–Crippen LogP) is 2.48. The molecule has 3 heteroatoms. The molecule has 1 atom stereocenters. The standard InChI is InChI=1S/C11H20N2S/c1-3-10(11-6-4-9-14-11)13(2)8-5-7-12/h4,6,9-10H,3,5,7-8,12H2,1-2H3. The van der Waals surface area contributed by atoms with Crippen molar-refractivity contribution in [3.8, 4) is 0 Å². The lowest BCUT2D eigenvalue weighted by molar-refractivity contribution is 0.241. The predicted molar refractivity (Wildman–Crippen MR) is 63.7 cm³/mol. The molecule has 0 aliphatic heterocycles. The molecule has 1 heterocycles. The van der Waals surface area contributed by atoms with E-state index >= 15 is 0 Å². The van der Waals surface area contributed by atoms with E-state index in [1.165, 1.54) is 11.3 Å². The molecule has 0 saturated carbocycles. The molecule has 0 bridgehead atoms. The van der Waals surface area contributed by atoms with Crippen molar-refractivity contribution in [3.63, 3.8) is 0 Å². The summed E-state index contributed by atoms with van der Waals surface area (Å²) in [5.41, 5.74) is 5.51. The third-order valence-corrected chi connectivity index (χ3v) is 3.48. The molecule has 0 aliphatic rings. The monoisotopic (exact) mass is 212 g/mol. The van der Waals surface area contributed by atoms with Crippen LogP contribution in [0.5, 0.6) is 0 Å². The van der Waals surface area contributed by atoms with Crippen LogP contribution in [0.1, 0.15) is 30.7 Å². The van der Waals surface area contributed by atoms with E-state index in [0.29, 0.717) is 6.04 Å². The molecule has 80 valence electrons. The van der Waals surface area contributed by atoms with Gasteiger partial charge in [-0.1, -0.05) is 13.0 Å². The van der Waals surface area contributed by atoms with Crippen molar-refractivity contribution < 1.29 is 0 Å². The van der Waals surface area contributed by atoms with Gasteiger partial charge in [0.1, 0.15) is 0 Å². The number of hydrogen-bond donors (Lipinski definition) is 1. The summed E-state index contributed by atoms with van der Waals surface area (Å²) in [6, 6.07) is 4.92. The second-order valence-electron chi connectivity index (χ2n) is 3.56. The molecule has 2 nitrogen and oxygen atoms in total. The van der Waals surface area contributed by atoms with Gasteiger partial charge in [-0.3, -0.25) is 4.90 Å². The summed E-state index contributed by atoms with van der Waals surface area (Å²) in [7, 11) is 2.18. The molecule has 1 unspecified atom stereocenters. The Kier molecular flexibility index (Phi) is 5.15. The summed E-state index contributed by atoms with van der Waals surface area (Å²) in [4.78, 5) is 3.87. The second kappa shape index (κ2) is 6.17. The lowest BCUT2D eigenvalue weighted by Crippen LogP contribution is -2.26.